The van der Waals surface area contributed by atoms with Crippen molar-refractivity contribution in [2.45, 2.75) is 39.5 Å². The molecule has 36 heavy (non-hydrogen) atoms. The molecule has 0 saturated carbocycles. The minimum absolute atomic E-state index is 0.126. The zero-order chi connectivity index (χ0) is 25.7. The highest BCUT2D eigenvalue weighted by Gasteiger charge is 2.15. The summed E-state index contributed by atoms with van der Waals surface area (Å²) >= 11 is 0. The van der Waals surface area contributed by atoms with E-state index in [4.69, 9.17) is 0 Å². The second-order valence-corrected chi connectivity index (χ2v) is 8.84. The van der Waals surface area contributed by atoms with Gasteiger partial charge in [0.2, 0.25) is 0 Å². The summed E-state index contributed by atoms with van der Waals surface area (Å²) < 4.78 is 58.7. The van der Waals surface area contributed by atoms with Gasteiger partial charge < -0.3 is 0 Å². The Kier molecular flexibility index (Phi) is 8.04. The zero-order valence-electron chi connectivity index (χ0n) is 20.4. The largest absolute Gasteiger partial charge is 0.203 e. The van der Waals surface area contributed by atoms with Crippen LogP contribution in [-0.4, -0.2) is 0 Å². The summed E-state index contributed by atoms with van der Waals surface area (Å²) in [6, 6.07) is 20.6. The molecule has 4 aromatic rings. The van der Waals surface area contributed by atoms with Crippen molar-refractivity contribution in [2.24, 2.45) is 0 Å². The number of hydrogen-bond acceptors (Lipinski definition) is 0. The second-order valence-electron chi connectivity index (χ2n) is 8.84. The molecule has 0 aromatic heterocycles. The summed E-state index contributed by atoms with van der Waals surface area (Å²) in [5, 5.41) is 0. The van der Waals surface area contributed by atoms with Crippen molar-refractivity contribution in [1.29, 1.82) is 0 Å². The average molecular weight is 489 g/mol. The van der Waals surface area contributed by atoms with Crippen molar-refractivity contribution in [1.82, 2.24) is 0 Å². The van der Waals surface area contributed by atoms with Crippen LogP contribution in [0.3, 0.4) is 0 Å². The zero-order valence-corrected chi connectivity index (χ0v) is 20.4. The Balaban J connectivity index is 1.53. The monoisotopic (exact) mass is 488 g/mol. The maximum Gasteiger partial charge on any atom is 0.167 e. The highest BCUT2D eigenvalue weighted by Crippen LogP contribution is 2.29. The first-order valence-corrected chi connectivity index (χ1v) is 12.3. The Bertz CT molecular complexity index is 1370. The molecule has 184 valence electrons. The Morgan fingerprint density at radius 3 is 1.78 bits per heavy atom. The van der Waals surface area contributed by atoms with Crippen molar-refractivity contribution >= 4 is 12.2 Å². The van der Waals surface area contributed by atoms with Gasteiger partial charge in [-0.05, 0) is 47.1 Å². The lowest BCUT2D eigenvalue weighted by Gasteiger charge is -2.09. The third-order valence-corrected chi connectivity index (χ3v) is 6.42. The van der Waals surface area contributed by atoms with Crippen LogP contribution in [0.2, 0.25) is 0 Å². The van der Waals surface area contributed by atoms with E-state index in [2.05, 4.69) is 0 Å². The van der Waals surface area contributed by atoms with Crippen LogP contribution in [0.1, 0.15) is 48.9 Å². The van der Waals surface area contributed by atoms with Crippen LogP contribution in [0.25, 0.3) is 34.4 Å². The van der Waals surface area contributed by atoms with E-state index in [1.165, 1.54) is 6.08 Å². The molecule has 0 N–H and O–H groups in total. The molecule has 0 aliphatic carbocycles. The molecule has 0 spiro atoms. The van der Waals surface area contributed by atoms with Gasteiger partial charge in [-0.15, -0.1) is 0 Å². The Morgan fingerprint density at radius 1 is 0.583 bits per heavy atom. The van der Waals surface area contributed by atoms with Gasteiger partial charge in [-0.25, -0.2) is 17.6 Å². The van der Waals surface area contributed by atoms with Crippen LogP contribution in [0.5, 0.6) is 0 Å². The molecule has 0 aliphatic rings. The first-order valence-electron chi connectivity index (χ1n) is 12.3. The van der Waals surface area contributed by atoms with E-state index < -0.39 is 23.3 Å². The van der Waals surface area contributed by atoms with E-state index in [0.717, 1.165) is 30.4 Å². The molecular formula is C32H28F4. The maximum absolute atomic E-state index is 14.8. The molecule has 0 saturated heterocycles. The lowest BCUT2D eigenvalue weighted by molar-refractivity contribution is 0.499. The normalized spacial score (nSPS) is 11.4. The van der Waals surface area contributed by atoms with E-state index in [1.54, 1.807) is 66.7 Å². The fourth-order valence-electron chi connectivity index (χ4n) is 4.17. The van der Waals surface area contributed by atoms with Gasteiger partial charge in [0.1, 0.15) is 0 Å². The summed E-state index contributed by atoms with van der Waals surface area (Å²) in [7, 11) is 0. The lowest BCUT2D eigenvalue weighted by atomic mass is 9.98. The molecule has 0 aliphatic heterocycles. The Hall–Kier alpha value is -3.66. The van der Waals surface area contributed by atoms with E-state index in [0.29, 0.717) is 23.1 Å². The molecule has 0 radical (unpaired) electrons. The van der Waals surface area contributed by atoms with Gasteiger partial charge in [-0.1, -0.05) is 105 Å². The average Bonchev–Trinajstić information content (AvgIpc) is 2.91. The third-order valence-electron chi connectivity index (χ3n) is 6.42. The minimum atomic E-state index is -0.916. The summed E-state index contributed by atoms with van der Waals surface area (Å²) in [5.74, 6) is -3.46. The van der Waals surface area contributed by atoms with Gasteiger partial charge in [0.15, 0.2) is 23.3 Å². The van der Waals surface area contributed by atoms with Crippen LogP contribution in [-0.2, 0) is 12.8 Å². The SMILES string of the molecule is CCCCc1ccc(-c2ccc(/C=C/c3ccc(-c4ccc(CC)cc4)c(F)c3F)cc2)c(F)c1F. The Morgan fingerprint density at radius 2 is 1.17 bits per heavy atom. The second kappa shape index (κ2) is 11.4. The van der Waals surface area contributed by atoms with Gasteiger partial charge in [0.05, 0.1) is 0 Å². The number of benzene rings is 4. The van der Waals surface area contributed by atoms with Crippen LogP contribution in [0.4, 0.5) is 17.6 Å². The van der Waals surface area contributed by atoms with Crippen LogP contribution in [0, 0.1) is 23.3 Å². The molecule has 0 nitrogen and oxygen atoms in total. The van der Waals surface area contributed by atoms with E-state index in [9.17, 15) is 17.6 Å². The number of unbranched alkanes of at least 4 members (excludes halogenated alkanes) is 1. The summed E-state index contributed by atoms with van der Waals surface area (Å²) in [6.07, 6.45) is 6.25. The summed E-state index contributed by atoms with van der Waals surface area (Å²) in [6.45, 7) is 4.04. The fraction of sp³-hybridized carbons (Fsp3) is 0.188. The van der Waals surface area contributed by atoms with Crippen molar-refractivity contribution in [3.63, 3.8) is 0 Å². The topological polar surface area (TPSA) is 0 Å². The molecule has 4 aromatic carbocycles. The van der Waals surface area contributed by atoms with Crippen LogP contribution in [0.15, 0.2) is 72.8 Å². The molecule has 0 amide bonds. The quantitative estimate of drug-likeness (QED) is 0.171. The predicted molar refractivity (Wildman–Crippen MR) is 141 cm³/mol. The van der Waals surface area contributed by atoms with Gasteiger partial charge in [-0.2, -0.15) is 0 Å². The third kappa shape index (κ3) is 5.43. The van der Waals surface area contributed by atoms with Gasteiger partial charge >= 0.3 is 0 Å². The number of hydrogen-bond donors (Lipinski definition) is 0. The van der Waals surface area contributed by atoms with Crippen molar-refractivity contribution in [3.8, 4) is 22.3 Å². The smallest absolute Gasteiger partial charge is 0.167 e. The van der Waals surface area contributed by atoms with Gasteiger partial charge in [-0.3, -0.25) is 0 Å². The number of aryl methyl sites for hydroxylation is 2. The van der Waals surface area contributed by atoms with E-state index in [1.807, 2.05) is 26.0 Å². The molecule has 0 heterocycles. The molecule has 0 bridgehead atoms. The van der Waals surface area contributed by atoms with Gasteiger partial charge in [0, 0.05) is 16.7 Å². The van der Waals surface area contributed by atoms with Crippen molar-refractivity contribution < 1.29 is 17.6 Å². The molecular weight excluding hydrogens is 460 g/mol. The van der Waals surface area contributed by atoms with E-state index >= 15 is 0 Å². The Labute approximate surface area is 209 Å². The number of halogens is 4. The first kappa shape index (κ1) is 25.4. The standard InChI is InChI=1S/C32H28F4/c1-3-5-6-25-17-19-27(31(35)29(25)33)24-14-9-22(10-15-24)11-16-26-18-20-28(32(36)30(26)34)23-12-7-21(4-2)8-13-23/h7-20H,3-6H2,1-2H3/b16-11+. The lowest BCUT2D eigenvalue weighted by Crippen LogP contribution is -1.97. The molecule has 0 fully saturated rings. The molecule has 0 unspecified atom stereocenters. The maximum atomic E-state index is 14.8. The molecule has 0 atom stereocenters. The fourth-order valence-corrected chi connectivity index (χ4v) is 4.17. The number of rotatable bonds is 8. The highest BCUT2D eigenvalue weighted by molar-refractivity contribution is 5.74. The minimum Gasteiger partial charge on any atom is -0.203 e. The summed E-state index contributed by atoms with van der Waals surface area (Å²) in [5.41, 5.74) is 3.93. The van der Waals surface area contributed by atoms with Gasteiger partial charge in [0.25, 0.3) is 0 Å². The van der Waals surface area contributed by atoms with Crippen molar-refractivity contribution in [2.75, 3.05) is 0 Å². The molecule has 4 heteroatoms. The van der Waals surface area contributed by atoms with Crippen LogP contribution >= 0.6 is 0 Å². The van der Waals surface area contributed by atoms with Crippen molar-refractivity contribution in [3.05, 3.63) is 118 Å². The molecule has 4 rings (SSSR count). The first-order chi connectivity index (χ1) is 17.4. The van der Waals surface area contributed by atoms with Crippen LogP contribution < -0.4 is 0 Å². The summed E-state index contributed by atoms with van der Waals surface area (Å²) in [4.78, 5) is 0. The van der Waals surface area contributed by atoms with E-state index in [-0.39, 0.29) is 16.7 Å². The highest BCUT2D eigenvalue weighted by atomic mass is 19.2. The predicted octanol–water partition coefficient (Wildman–Crippen LogP) is 9.65.